The lowest BCUT2D eigenvalue weighted by molar-refractivity contribution is -0.115. The van der Waals surface area contributed by atoms with Gasteiger partial charge in [0.05, 0.1) is 5.92 Å². The Kier molecular flexibility index (Phi) is 2.47. The molecule has 0 heterocycles. The third kappa shape index (κ3) is 1.70. The first-order chi connectivity index (χ1) is 5.13. The molecule has 0 fully saturated rings. The van der Waals surface area contributed by atoms with Crippen LogP contribution in [0, 0.1) is 5.92 Å². The summed E-state index contributed by atoms with van der Waals surface area (Å²) in [7, 11) is 0. The van der Waals surface area contributed by atoms with Crippen LogP contribution in [0.1, 0.15) is 0 Å². The monoisotopic (exact) mass is 190 g/mol. The number of halogens is 2. The molecular formula is C7H4Cl2O2. The minimum absolute atomic E-state index is 0.242. The molecule has 1 rings (SSSR count). The number of carbonyl (C=O) groups is 2. The number of carbonyl (C=O) groups excluding carboxylic acids is 2. The average Bonchev–Trinajstić information content (AvgIpc) is 2.32. The fourth-order valence-corrected chi connectivity index (χ4v) is 1.23. The van der Waals surface area contributed by atoms with E-state index in [9.17, 15) is 9.59 Å². The Morgan fingerprint density at radius 1 is 1.36 bits per heavy atom. The quantitative estimate of drug-likeness (QED) is 0.621. The van der Waals surface area contributed by atoms with Crippen molar-refractivity contribution < 1.29 is 9.59 Å². The minimum atomic E-state index is -0.651. The average molecular weight is 191 g/mol. The summed E-state index contributed by atoms with van der Waals surface area (Å²) in [6, 6.07) is 0. The van der Waals surface area contributed by atoms with Crippen LogP contribution in [0.4, 0.5) is 0 Å². The Balaban J connectivity index is 2.85. The van der Waals surface area contributed by atoms with Crippen LogP contribution in [-0.2, 0) is 9.59 Å². The van der Waals surface area contributed by atoms with Gasteiger partial charge in [0.15, 0.2) is 0 Å². The maximum Gasteiger partial charge on any atom is 0.249 e. The highest BCUT2D eigenvalue weighted by molar-refractivity contribution is 6.70. The van der Waals surface area contributed by atoms with Gasteiger partial charge in [-0.2, -0.15) is 0 Å². The lowest BCUT2D eigenvalue weighted by atomic mass is 10.1. The van der Waals surface area contributed by atoms with E-state index < -0.39 is 16.4 Å². The normalized spacial score (nSPS) is 21.6. The van der Waals surface area contributed by atoms with Gasteiger partial charge in [0.25, 0.3) is 0 Å². The molecule has 0 bridgehead atoms. The summed E-state index contributed by atoms with van der Waals surface area (Å²) >= 11 is 10.3. The molecule has 0 amide bonds. The minimum Gasteiger partial charge on any atom is -0.280 e. The van der Waals surface area contributed by atoms with Crippen LogP contribution in [0.2, 0.25) is 0 Å². The van der Waals surface area contributed by atoms with Gasteiger partial charge in [-0.3, -0.25) is 9.59 Å². The first-order valence-corrected chi connectivity index (χ1v) is 3.66. The number of hydrogen-bond donors (Lipinski definition) is 0. The van der Waals surface area contributed by atoms with Gasteiger partial charge in [0.1, 0.15) is 0 Å². The van der Waals surface area contributed by atoms with Crippen molar-refractivity contribution in [1.29, 1.82) is 0 Å². The van der Waals surface area contributed by atoms with Crippen LogP contribution in [0.15, 0.2) is 23.8 Å². The summed E-state index contributed by atoms with van der Waals surface area (Å²) in [5.74, 6) is -0.651. The summed E-state index contributed by atoms with van der Waals surface area (Å²) in [6.45, 7) is 0. The second-order valence-corrected chi connectivity index (χ2v) is 2.78. The molecule has 1 unspecified atom stereocenters. The second-order valence-electron chi connectivity index (χ2n) is 2.06. The highest BCUT2D eigenvalue weighted by Gasteiger charge is 2.24. The highest BCUT2D eigenvalue weighted by atomic mass is 35.5. The van der Waals surface area contributed by atoms with Crippen molar-refractivity contribution in [2.45, 2.75) is 0 Å². The summed E-state index contributed by atoms with van der Waals surface area (Å²) in [4.78, 5) is 21.2. The van der Waals surface area contributed by atoms with E-state index >= 15 is 0 Å². The zero-order valence-corrected chi connectivity index (χ0v) is 6.89. The first kappa shape index (κ1) is 8.50. The van der Waals surface area contributed by atoms with E-state index in [2.05, 4.69) is 0 Å². The Morgan fingerprint density at radius 3 is 2.36 bits per heavy atom. The van der Waals surface area contributed by atoms with Crippen LogP contribution in [-0.4, -0.2) is 10.5 Å². The van der Waals surface area contributed by atoms with Gasteiger partial charge in [-0.25, -0.2) is 0 Å². The fourth-order valence-electron chi connectivity index (χ4n) is 0.863. The van der Waals surface area contributed by atoms with Crippen molar-refractivity contribution >= 4 is 33.7 Å². The predicted molar refractivity (Wildman–Crippen MR) is 42.4 cm³/mol. The van der Waals surface area contributed by atoms with Crippen LogP contribution < -0.4 is 0 Å². The standard InChI is InChI=1S/C7H4Cl2O2/c8-6(10)4-2-1-3-5(4)7(9)11/h1-4H. The van der Waals surface area contributed by atoms with Crippen molar-refractivity contribution in [2.75, 3.05) is 0 Å². The van der Waals surface area contributed by atoms with E-state index in [1.54, 1.807) is 6.08 Å². The van der Waals surface area contributed by atoms with E-state index in [0.717, 1.165) is 0 Å². The lowest BCUT2D eigenvalue weighted by Gasteiger charge is -2.02. The Hall–Kier alpha value is -0.600. The van der Waals surface area contributed by atoms with E-state index in [1.165, 1.54) is 12.2 Å². The molecule has 0 saturated heterocycles. The highest BCUT2D eigenvalue weighted by Crippen LogP contribution is 2.23. The molecule has 58 valence electrons. The molecule has 0 radical (unpaired) electrons. The van der Waals surface area contributed by atoms with E-state index in [4.69, 9.17) is 23.2 Å². The summed E-state index contributed by atoms with van der Waals surface area (Å²) in [5, 5.41) is -1.21. The molecule has 0 spiro atoms. The van der Waals surface area contributed by atoms with Crippen molar-refractivity contribution in [2.24, 2.45) is 5.92 Å². The molecule has 1 atom stereocenters. The molecule has 1 aliphatic rings. The van der Waals surface area contributed by atoms with Crippen molar-refractivity contribution in [3.05, 3.63) is 23.8 Å². The summed E-state index contributed by atoms with van der Waals surface area (Å²) in [5.41, 5.74) is 0.242. The maximum atomic E-state index is 10.6. The molecule has 2 nitrogen and oxygen atoms in total. The van der Waals surface area contributed by atoms with E-state index in [-0.39, 0.29) is 5.57 Å². The third-order valence-corrected chi connectivity index (χ3v) is 1.84. The topological polar surface area (TPSA) is 34.1 Å². The van der Waals surface area contributed by atoms with Gasteiger partial charge < -0.3 is 0 Å². The van der Waals surface area contributed by atoms with Gasteiger partial charge in [0.2, 0.25) is 10.5 Å². The van der Waals surface area contributed by atoms with E-state index in [1.807, 2.05) is 0 Å². The molecule has 4 heteroatoms. The van der Waals surface area contributed by atoms with Crippen LogP contribution >= 0.6 is 23.2 Å². The van der Waals surface area contributed by atoms with Crippen molar-refractivity contribution in [1.82, 2.24) is 0 Å². The molecular weight excluding hydrogens is 187 g/mol. The largest absolute Gasteiger partial charge is 0.280 e. The maximum absolute atomic E-state index is 10.6. The van der Waals surface area contributed by atoms with Crippen molar-refractivity contribution in [3.8, 4) is 0 Å². The Labute approximate surface area is 73.5 Å². The third-order valence-electron chi connectivity index (χ3n) is 1.39. The molecule has 0 saturated carbocycles. The molecule has 0 aliphatic heterocycles. The molecule has 0 aromatic rings. The van der Waals surface area contributed by atoms with Gasteiger partial charge >= 0.3 is 0 Å². The molecule has 11 heavy (non-hydrogen) atoms. The number of rotatable bonds is 2. The Morgan fingerprint density at radius 2 is 2.00 bits per heavy atom. The molecule has 0 aromatic carbocycles. The SMILES string of the molecule is O=C(Cl)C1=CC=CC1C(=O)Cl. The lowest BCUT2D eigenvalue weighted by Crippen LogP contribution is -2.10. The van der Waals surface area contributed by atoms with Gasteiger partial charge in [-0.05, 0) is 23.2 Å². The zero-order valence-electron chi connectivity index (χ0n) is 5.38. The molecule has 0 aromatic heterocycles. The van der Waals surface area contributed by atoms with Crippen molar-refractivity contribution in [3.63, 3.8) is 0 Å². The number of hydrogen-bond acceptors (Lipinski definition) is 2. The summed E-state index contributed by atoms with van der Waals surface area (Å²) in [6.07, 6.45) is 4.60. The fraction of sp³-hybridized carbons (Fsp3) is 0.143. The number of allylic oxidation sites excluding steroid dienone is 4. The second kappa shape index (κ2) is 3.20. The Bertz CT molecular complexity index is 266. The van der Waals surface area contributed by atoms with Gasteiger partial charge in [-0.1, -0.05) is 18.2 Å². The molecule has 0 N–H and O–H groups in total. The van der Waals surface area contributed by atoms with Crippen LogP contribution in [0.5, 0.6) is 0 Å². The molecule has 1 aliphatic carbocycles. The zero-order chi connectivity index (χ0) is 8.43. The van der Waals surface area contributed by atoms with Crippen LogP contribution in [0.25, 0.3) is 0 Å². The van der Waals surface area contributed by atoms with Gasteiger partial charge in [0, 0.05) is 5.57 Å². The summed E-state index contributed by atoms with van der Waals surface area (Å²) < 4.78 is 0. The predicted octanol–water partition coefficient (Wildman–Crippen LogP) is 1.63. The van der Waals surface area contributed by atoms with E-state index in [0.29, 0.717) is 0 Å². The van der Waals surface area contributed by atoms with Crippen LogP contribution in [0.3, 0.4) is 0 Å². The van der Waals surface area contributed by atoms with Gasteiger partial charge in [-0.15, -0.1) is 0 Å². The first-order valence-electron chi connectivity index (χ1n) is 2.90. The smallest absolute Gasteiger partial charge is 0.249 e.